The second-order valence-electron chi connectivity index (χ2n) is 5.22. The highest BCUT2D eigenvalue weighted by molar-refractivity contribution is 5.45. The van der Waals surface area contributed by atoms with Gasteiger partial charge in [-0.25, -0.2) is 0 Å². The molecule has 1 aliphatic rings. The number of hydrogen-bond donors (Lipinski definition) is 1. The van der Waals surface area contributed by atoms with Gasteiger partial charge < -0.3 is 14.8 Å². The molecule has 1 aliphatic heterocycles. The van der Waals surface area contributed by atoms with Crippen molar-refractivity contribution in [3.8, 4) is 11.5 Å². The van der Waals surface area contributed by atoms with Crippen LogP contribution in [0, 0.1) is 6.92 Å². The Kier molecular flexibility index (Phi) is 4.06. The Morgan fingerprint density at radius 1 is 1.19 bits per heavy atom. The third kappa shape index (κ3) is 3.00. The fourth-order valence-electron chi connectivity index (χ4n) is 2.59. The summed E-state index contributed by atoms with van der Waals surface area (Å²) in [6.07, 6.45) is 2.70. The molecule has 1 N–H and O–H groups in total. The SMILES string of the molecule is CNC(Cc1ncccc1C)c1ccc2c(c1)OCCO2. The highest BCUT2D eigenvalue weighted by atomic mass is 16.6. The second-order valence-corrected chi connectivity index (χ2v) is 5.22. The molecule has 4 heteroatoms. The Balaban J connectivity index is 1.85. The van der Waals surface area contributed by atoms with Gasteiger partial charge in [0, 0.05) is 24.4 Å². The Morgan fingerprint density at radius 3 is 2.76 bits per heavy atom. The maximum absolute atomic E-state index is 5.66. The van der Waals surface area contributed by atoms with Crippen LogP contribution in [0.2, 0.25) is 0 Å². The van der Waals surface area contributed by atoms with Gasteiger partial charge in [-0.3, -0.25) is 4.98 Å². The number of rotatable bonds is 4. The topological polar surface area (TPSA) is 43.4 Å². The standard InChI is InChI=1S/C17H20N2O2/c1-12-4-3-7-19-14(12)11-15(18-2)13-5-6-16-17(10-13)21-9-8-20-16/h3-7,10,15,18H,8-9,11H2,1-2H3. The summed E-state index contributed by atoms with van der Waals surface area (Å²) in [6.45, 7) is 3.33. The van der Waals surface area contributed by atoms with Gasteiger partial charge in [0.2, 0.25) is 0 Å². The van der Waals surface area contributed by atoms with Crippen molar-refractivity contribution >= 4 is 0 Å². The highest BCUT2D eigenvalue weighted by Gasteiger charge is 2.17. The molecule has 0 bridgehead atoms. The number of aromatic nitrogens is 1. The van der Waals surface area contributed by atoms with Gasteiger partial charge in [-0.05, 0) is 43.3 Å². The minimum Gasteiger partial charge on any atom is -0.486 e. The summed E-state index contributed by atoms with van der Waals surface area (Å²) < 4.78 is 11.2. The number of aryl methyl sites for hydroxylation is 1. The van der Waals surface area contributed by atoms with E-state index in [-0.39, 0.29) is 6.04 Å². The minimum absolute atomic E-state index is 0.203. The molecule has 2 aromatic rings. The molecule has 0 radical (unpaired) electrons. The van der Waals surface area contributed by atoms with Crippen LogP contribution in [0.3, 0.4) is 0 Å². The lowest BCUT2D eigenvalue weighted by Gasteiger charge is -2.22. The predicted octanol–water partition coefficient (Wildman–Crippen LogP) is 2.66. The van der Waals surface area contributed by atoms with E-state index in [1.807, 2.05) is 25.4 Å². The third-order valence-electron chi connectivity index (χ3n) is 3.83. The molecule has 4 nitrogen and oxygen atoms in total. The number of benzene rings is 1. The molecule has 2 heterocycles. The van der Waals surface area contributed by atoms with E-state index >= 15 is 0 Å². The summed E-state index contributed by atoms with van der Waals surface area (Å²) >= 11 is 0. The second kappa shape index (κ2) is 6.14. The van der Waals surface area contributed by atoms with E-state index in [0.717, 1.165) is 23.6 Å². The van der Waals surface area contributed by atoms with Gasteiger partial charge in [-0.1, -0.05) is 12.1 Å². The maximum Gasteiger partial charge on any atom is 0.161 e. The highest BCUT2D eigenvalue weighted by Crippen LogP contribution is 2.33. The van der Waals surface area contributed by atoms with Gasteiger partial charge in [0.05, 0.1) is 0 Å². The summed E-state index contributed by atoms with van der Waals surface area (Å²) in [5.41, 5.74) is 3.52. The fourth-order valence-corrected chi connectivity index (χ4v) is 2.59. The largest absolute Gasteiger partial charge is 0.486 e. The van der Waals surface area contributed by atoms with Gasteiger partial charge in [0.25, 0.3) is 0 Å². The summed E-state index contributed by atoms with van der Waals surface area (Å²) in [5.74, 6) is 1.66. The van der Waals surface area contributed by atoms with Crippen molar-refractivity contribution < 1.29 is 9.47 Å². The van der Waals surface area contributed by atoms with Crippen LogP contribution >= 0.6 is 0 Å². The first-order valence-electron chi connectivity index (χ1n) is 7.25. The van der Waals surface area contributed by atoms with Crippen LogP contribution in [0.4, 0.5) is 0 Å². The van der Waals surface area contributed by atoms with Gasteiger partial charge >= 0.3 is 0 Å². The zero-order chi connectivity index (χ0) is 14.7. The Hall–Kier alpha value is -2.07. The number of nitrogens with zero attached hydrogens (tertiary/aromatic N) is 1. The first-order valence-corrected chi connectivity index (χ1v) is 7.25. The molecule has 1 aromatic carbocycles. The summed E-state index contributed by atoms with van der Waals surface area (Å²) in [4.78, 5) is 4.48. The van der Waals surface area contributed by atoms with Crippen molar-refractivity contribution in [2.45, 2.75) is 19.4 Å². The molecule has 1 aromatic heterocycles. The molecular weight excluding hydrogens is 264 g/mol. The molecule has 21 heavy (non-hydrogen) atoms. The first-order chi connectivity index (χ1) is 10.3. The molecule has 1 atom stereocenters. The number of ether oxygens (including phenoxy) is 2. The van der Waals surface area contributed by atoms with E-state index in [0.29, 0.717) is 13.2 Å². The van der Waals surface area contributed by atoms with Crippen LogP contribution in [0.1, 0.15) is 22.9 Å². The van der Waals surface area contributed by atoms with Crippen LogP contribution in [0.5, 0.6) is 11.5 Å². The number of nitrogens with one attached hydrogen (secondary N) is 1. The van der Waals surface area contributed by atoms with E-state index in [1.54, 1.807) is 0 Å². The maximum atomic E-state index is 5.66. The van der Waals surface area contributed by atoms with Crippen molar-refractivity contribution in [2.24, 2.45) is 0 Å². The van der Waals surface area contributed by atoms with E-state index in [1.165, 1.54) is 11.1 Å². The van der Waals surface area contributed by atoms with Crippen molar-refractivity contribution in [3.63, 3.8) is 0 Å². The molecule has 0 saturated heterocycles. The van der Waals surface area contributed by atoms with Crippen LogP contribution in [-0.2, 0) is 6.42 Å². The van der Waals surface area contributed by atoms with Gasteiger partial charge in [0.1, 0.15) is 13.2 Å². The molecular formula is C17H20N2O2. The molecule has 1 unspecified atom stereocenters. The monoisotopic (exact) mass is 284 g/mol. The molecule has 0 amide bonds. The van der Waals surface area contributed by atoms with Crippen molar-refractivity contribution in [1.29, 1.82) is 0 Å². The predicted molar refractivity (Wildman–Crippen MR) is 81.9 cm³/mol. The molecule has 110 valence electrons. The first kappa shape index (κ1) is 13.9. The molecule has 0 aliphatic carbocycles. The normalized spacial score (nSPS) is 14.8. The Morgan fingerprint density at radius 2 is 2.00 bits per heavy atom. The van der Waals surface area contributed by atoms with Crippen LogP contribution in [0.25, 0.3) is 0 Å². The smallest absolute Gasteiger partial charge is 0.161 e. The van der Waals surface area contributed by atoms with E-state index in [4.69, 9.17) is 9.47 Å². The Bertz CT molecular complexity index is 628. The summed E-state index contributed by atoms with van der Waals surface area (Å²) in [6, 6.07) is 10.4. The zero-order valence-corrected chi connectivity index (χ0v) is 12.4. The van der Waals surface area contributed by atoms with Crippen molar-refractivity contribution in [3.05, 3.63) is 53.3 Å². The number of likely N-dealkylation sites (N-methyl/N-ethyl adjacent to an activating group) is 1. The van der Waals surface area contributed by atoms with Gasteiger partial charge in [-0.15, -0.1) is 0 Å². The van der Waals surface area contributed by atoms with E-state index < -0.39 is 0 Å². The lowest BCUT2D eigenvalue weighted by atomic mass is 9.99. The average Bonchev–Trinajstić information content (AvgIpc) is 2.54. The summed E-state index contributed by atoms with van der Waals surface area (Å²) in [5, 5.41) is 3.36. The van der Waals surface area contributed by atoms with E-state index in [9.17, 15) is 0 Å². The molecule has 0 spiro atoms. The lowest BCUT2D eigenvalue weighted by molar-refractivity contribution is 0.171. The quantitative estimate of drug-likeness (QED) is 0.937. The molecule has 0 saturated carbocycles. The Labute approximate surface area is 125 Å². The number of pyridine rings is 1. The van der Waals surface area contributed by atoms with Crippen LogP contribution in [-0.4, -0.2) is 25.2 Å². The zero-order valence-electron chi connectivity index (χ0n) is 12.4. The minimum atomic E-state index is 0.203. The van der Waals surface area contributed by atoms with Crippen molar-refractivity contribution in [1.82, 2.24) is 10.3 Å². The van der Waals surface area contributed by atoms with E-state index in [2.05, 4.69) is 35.4 Å². The van der Waals surface area contributed by atoms with Crippen LogP contribution in [0.15, 0.2) is 36.5 Å². The van der Waals surface area contributed by atoms with Crippen molar-refractivity contribution in [2.75, 3.05) is 20.3 Å². The number of hydrogen-bond acceptors (Lipinski definition) is 4. The molecule has 0 fully saturated rings. The summed E-state index contributed by atoms with van der Waals surface area (Å²) in [7, 11) is 1.97. The number of fused-ring (bicyclic) bond motifs is 1. The van der Waals surface area contributed by atoms with Gasteiger partial charge in [-0.2, -0.15) is 0 Å². The fraction of sp³-hybridized carbons (Fsp3) is 0.353. The van der Waals surface area contributed by atoms with Gasteiger partial charge in [0.15, 0.2) is 11.5 Å². The lowest BCUT2D eigenvalue weighted by Crippen LogP contribution is -2.21. The average molecular weight is 284 g/mol. The van der Waals surface area contributed by atoms with Crippen LogP contribution < -0.4 is 14.8 Å². The molecule has 3 rings (SSSR count). The third-order valence-corrected chi connectivity index (χ3v) is 3.83.